The molecular weight excluding hydrogens is 188 g/mol. The van der Waals surface area contributed by atoms with Gasteiger partial charge in [-0.15, -0.1) is 0 Å². The minimum Gasteiger partial charge on any atom is -0.389 e. The normalized spacial score (nSPS) is 32.1. The van der Waals surface area contributed by atoms with Crippen molar-refractivity contribution in [2.45, 2.75) is 26.0 Å². The molecule has 0 spiro atoms. The Bertz CT molecular complexity index is 324. The fourth-order valence-electron chi connectivity index (χ4n) is 2.12. The lowest BCUT2D eigenvalue weighted by Gasteiger charge is -2.20. The quantitative estimate of drug-likeness (QED) is 0.792. The van der Waals surface area contributed by atoms with Gasteiger partial charge in [0.1, 0.15) is 0 Å². The summed E-state index contributed by atoms with van der Waals surface area (Å²) in [5, 5.41) is 10.1. The highest BCUT2D eigenvalue weighted by atomic mass is 16.3. The fourth-order valence-corrected chi connectivity index (χ4v) is 2.12. The topological polar surface area (TPSA) is 36.4 Å². The number of hydrogen-bond acceptors (Lipinski definition) is 3. The van der Waals surface area contributed by atoms with Crippen molar-refractivity contribution in [3.8, 4) is 0 Å². The van der Waals surface area contributed by atoms with E-state index in [2.05, 4.69) is 16.8 Å². The van der Waals surface area contributed by atoms with E-state index < -0.39 is 5.60 Å². The van der Waals surface area contributed by atoms with Gasteiger partial charge in [-0.3, -0.25) is 9.88 Å². The van der Waals surface area contributed by atoms with Gasteiger partial charge < -0.3 is 5.11 Å². The largest absolute Gasteiger partial charge is 0.389 e. The van der Waals surface area contributed by atoms with Crippen LogP contribution in [0.15, 0.2) is 24.5 Å². The lowest BCUT2D eigenvalue weighted by molar-refractivity contribution is 0.0364. The number of hydrogen-bond donors (Lipinski definition) is 1. The smallest absolute Gasteiger partial charge is 0.0783 e. The Hall–Kier alpha value is -0.930. The Balaban J connectivity index is 1.99. The van der Waals surface area contributed by atoms with Gasteiger partial charge >= 0.3 is 0 Å². The Labute approximate surface area is 90.8 Å². The molecule has 1 aromatic rings. The van der Waals surface area contributed by atoms with Crippen molar-refractivity contribution >= 4 is 0 Å². The van der Waals surface area contributed by atoms with Gasteiger partial charge in [-0.2, -0.15) is 0 Å². The van der Waals surface area contributed by atoms with Gasteiger partial charge in [-0.05, 0) is 30.5 Å². The molecule has 0 aromatic carbocycles. The molecule has 0 saturated carbocycles. The summed E-state index contributed by atoms with van der Waals surface area (Å²) in [5.74, 6) is 0.347. The second-order valence-corrected chi connectivity index (χ2v) is 4.78. The van der Waals surface area contributed by atoms with Gasteiger partial charge in [0.15, 0.2) is 0 Å². The first-order chi connectivity index (χ1) is 7.08. The van der Waals surface area contributed by atoms with Crippen LogP contribution in [0.2, 0.25) is 0 Å². The third-order valence-corrected chi connectivity index (χ3v) is 3.29. The number of likely N-dealkylation sites (tertiary alicyclic amines) is 1. The molecule has 3 heteroatoms. The Morgan fingerprint density at radius 1 is 1.53 bits per heavy atom. The molecule has 0 amide bonds. The van der Waals surface area contributed by atoms with Gasteiger partial charge in [-0.25, -0.2) is 0 Å². The molecule has 1 N–H and O–H groups in total. The zero-order valence-electron chi connectivity index (χ0n) is 9.35. The molecule has 1 saturated heterocycles. The SMILES string of the molecule is C[C@@H]1CN(Cc2ccncc2)C[C@]1(C)O. The molecule has 2 heterocycles. The molecule has 15 heavy (non-hydrogen) atoms. The number of aliphatic hydroxyl groups is 1. The summed E-state index contributed by atoms with van der Waals surface area (Å²) >= 11 is 0. The van der Waals surface area contributed by atoms with E-state index >= 15 is 0 Å². The molecule has 0 unspecified atom stereocenters. The molecule has 0 bridgehead atoms. The Kier molecular flexibility index (Phi) is 2.76. The first kappa shape index (κ1) is 10.6. The van der Waals surface area contributed by atoms with Crippen LogP contribution in [-0.2, 0) is 6.54 Å². The number of aromatic nitrogens is 1. The zero-order chi connectivity index (χ0) is 10.9. The van der Waals surface area contributed by atoms with Crippen LogP contribution in [0.25, 0.3) is 0 Å². The molecule has 2 atom stereocenters. The summed E-state index contributed by atoms with van der Waals surface area (Å²) in [6, 6.07) is 4.05. The lowest BCUT2D eigenvalue weighted by atomic mass is 9.95. The van der Waals surface area contributed by atoms with Crippen molar-refractivity contribution in [3.05, 3.63) is 30.1 Å². The van der Waals surface area contributed by atoms with Crippen molar-refractivity contribution in [1.29, 1.82) is 0 Å². The van der Waals surface area contributed by atoms with Crippen molar-refractivity contribution in [2.75, 3.05) is 13.1 Å². The molecule has 3 nitrogen and oxygen atoms in total. The van der Waals surface area contributed by atoms with Crippen molar-refractivity contribution in [2.24, 2.45) is 5.92 Å². The van der Waals surface area contributed by atoms with E-state index in [-0.39, 0.29) is 0 Å². The van der Waals surface area contributed by atoms with Gasteiger partial charge in [0.05, 0.1) is 5.60 Å². The highest BCUT2D eigenvalue weighted by molar-refractivity contribution is 5.10. The molecule has 1 aliphatic rings. The van der Waals surface area contributed by atoms with Crippen LogP contribution in [0.3, 0.4) is 0 Å². The predicted molar refractivity (Wildman–Crippen MR) is 59.3 cm³/mol. The second kappa shape index (κ2) is 3.91. The standard InChI is InChI=1S/C12H18N2O/c1-10-7-14(9-12(10,2)15)8-11-3-5-13-6-4-11/h3-6,10,15H,7-9H2,1-2H3/t10-,12+/m1/s1. The summed E-state index contributed by atoms with van der Waals surface area (Å²) < 4.78 is 0. The first-order valence-corrected chi connectivity index (χ1v) is 5.41. The Morgan fingerprint density at radius 2 is 2.20 bits per heavy atom. The maximum Gasteiger partial charge on any atom is 0.0783 e. The minimum atomic E-state index is -0.535. The molecule has 1 aromatic heterocycles. The van der Waals surface area contributed by atoms with E-state index in [1.807, 2.05) is 31.5 Å². The summed E-state index contributed by atoms with van der Waals surface area (Å²) in [5.41, 5.74) is 0.724. The lowest BCUT2D eigenvalue weighted by Crippen LogP contribution is -2.32. The van der Waals surface area contributed by atoms with Crippen molar-refractivity contribution in [3.63, 3.8) is 0 Å². The van der Waals surface area contributed by atoms with Gasteiger partial charge in [-0.1, -0.05) is 6.92 Å². The van der Waals surface area contributed by atoms with Gasteiger partial charge in [0.2, 0.25) is 0 Å². The van der Waals surface area contributed by atoms with Gasteiger partial charge in [0, 0.05) is 32.0 Å². The maximum atomic E-state index is 10.1. The fraction of sp³-hybridized carbons (Fsp3) is 0.583. The van der Waals surface area contributed by atoms with E-state index in [1.165, 1.54) is 5.56 Å². The first-order valence-electron chi connectivity index (χ1n) is 5.41. The monoisotopic (exact) mass is 206 g/mol. The van der Waals surface area contributed by atoms with E-state index in [0.717, 1.165) is 19.6 Å². The van der Waals surface area contributed by atoms with Crippen LogP contribution in [0, 0.1) is 5.92 Å². The van der Waals surface area contributed by atoms with E-state index in [0.29, 0.717) is 5.92 Å². The predicted octanol–water partition coefficient (Wildman–Crippen LogP) is 1.28. The second-order valence-electron chi connectivity index (χ2n) is 4.78. The van der Waals surface area contributed by atoms with Crippen LogP contribution < -0.4 is 0 Å². The number of rotatable bonds is 2. The molecular formula is C12H18N2O. The van der Waals surface area contributed by atoms with Crippen LogP contribution in [-0.4, -0.2) is 33.7 Å². The van der Waals surface area contributed by atoms with Crippen molar-refractivity contribution < 1.29 is 5.11 Å². The van der Waals surface area contributed by atoms with Crippen molar-refractivity contribution in [1.82, 2.24) is 9.88 Å². The average Bonchev–Trinajstić information content (AvgIpc) is 2.42. The number of pyridine rings is 1. The highest BCUT2D eigenvalue weighted by Crippen LogP contribution is 2.27. The van der Waals surface area contributed by atoms with E-state index in [4.69, 9.17) is 0 Å². The molecule has 2 rings (SSSR count). The zero-order valence-corrected chi connectivity index (χ0v) is 9.35. The van der Waals surface area contributed by atoms with Crippen LogP contribution >= 0.6 is 0 Å². The average molecular weight is 206 g/mol. The van der Waals surface area contributed by atoms with Gasteiger partial charge in [0.25, 0.3) is 0 Å². The third-order valence-electron chi connectivity index (χ3n) is 3.29. The Morgan fingerprint density at radius 3 is 2.73 bits per heavy atom. The van der Waals surface area contributed by atoms with Crippen LogP contribution in [0.4, 0.5) is 0 Å². The van der Waals surface area contributed by atoms with Crippen LogP contribution in [0.1, 0.15) is 19.4 Å². The summed E-state index contributed by atoms with van der Waals surface area (Å²) in [7, 11) is 0. The molecule has 0 aliphatic carbocycles. The molecule has 82 valence electrons. The molecule has 0 radical (unpaired) electrons. The summed E-state index contributed by atoms with van der Waals surface area (Å²) in [6.45, 7) is 6.66. The third kappa shape index (κ3) is 2.36. The maximum absolute atomic E-state index is 10.1. The molecule has 1 fully saturated rings. The molecule has 1 aliphatic heterocycles. The highest BCUT2D eigenvalue weighted by Gasteiger charge is 2.38. The number of nitrogens with zero attached hydrogens (tertiary/aromatic N) is 2. The minimum absolute atomic E-state index is 0.347. The van der Waals surface area contributed by atoms with E-state index in [9.17, 15) is 5.11 Å². The number of β-amino-alcohol motifs (C(OH)–C–C–N with tert-alkyl or cyclic N) is 1. The van der Waals surface area contributed by atoms with Crippen LogP contribution in [0.5, 0.6) is 0 Å². The summed E-state index contributed by atoms with van der Waals surface area (Å²) in [4.78, 5) is 6.29. The van der Waals surface area contributed by atoms with E-state index in [1.54, 1.807) is 0 Å². The summed E-state index contributed by atoms with van der Waals surface area (Å²) in [6.07, 6.45) is 3.62.